The monoisotopic (exact) mass is 311 g/mol. The van der Waals surface area contributed by atoms with Gasteiger partial charge in [-0.05, 0) is 17.7 Å². The van der Waals surface area contributed by atoms with Crippen LogP contribution in [0.15, 0.2) is 61.1 Å². The summed E-state index contributed by atoms with van der Waals surface area (Å²) < 4.78 is 0. The third kappa shape index (κ3) is 2.99. The van der Waals surface area contributed by atoms with Gasteiger partial charge in [0.1, 0.15) is 17.8 Å². The van der Waals surface area contributed by atoms with Crippen molar-refractivity contribution in [2.45, 2.75) is 6.54 Å². The van der Waals surface area contributed by atoms with E-state index in [1.54, 1.807) is 6.20 Å². The lowest BCUT2D eigenvalue weighted by molar-refractivity contribution is 0.918. The number of nitrogen functional groups attached to an aromatic ring is 1. The summed E-state index contributed by atoms with van der Waals surface area (Å²) in [5.41, 5.74) is 7.50. The first-order chi connectivity index (χ1) is 10.8. The molecule has 0 fully saturated rings. The van der Waals surface area contributed by atoms with Crippen LogP contribution in [0.5, 0.6) is 0 Å². The maximum absolute atomic E-state index is 6.05. The Morgan fingerprint density at radius 3 is 2.45 bits per heavy atom. The van der Waals surface area contributed by atoms with E-state index in [0.717, 1.165) is 11.4 Å². The highest BCUT2D eigenvalue weighted by atomic mass is 35.5. The zero-order valence-electron chi connectivity index (χ0n) is 11.7. The van der Waals surface area contributed by atoms with Crippen LogP contribution in [0.4, 0.5) is 17.3 Å². The zero-order valence-corrected chi connectivity index (χ0v) is 12.5. The maximum Gasteiger partial charge on any atom is 0.162 e. The van der Waals surface area contributed by atoms with Crippen LogP contribution < -0.4 is 10.6 Å². The fraction of sp³-hybridized carbons (Fsp3) is 0.0625. The van der Waals surface area contributed by atoms with E-state index in [2.05, 4.69) is 15.0 Å². The predicted octanol–water partition coefficient (Wildman–Crippen LogP) is 3.45. The second-order valence-electron chi connectivity index (χ2n) is 4.66. The lowest BCUT2D eigenvalue weighted by atomic mass is 10.2. The molecular formula is C16H14ClN5. The summed E-state index contributed by atoms with van der Waals surface area (Å²) in [6.07, 6.45) is 3.13. The molecule has 2 N–H and O–H groups in total. The standard InChI is InChI=1S/C16H14ClN5/c17-15-14(18)16(21-11-20-15)22(13-8-4-5-9-19-13)10-12-6-2-1-3-7-12/h1-9,11H,10,18H2. The largest absolute Gasteiger partial charge is 0.393 e. The van der Waals surface area contributed by atoms with Crippen molar-refractivity contribution in [1.82, 2.24) is 15.0 Å². The molecule has 0 bridgehead atoms. The molecule has 3 aromatic rings. The van der Waals surface area contributed by atoms with E-state index in [0.29, 0.717) is 18.1 Å². The normalized spacial score (nSPS) is 10.4. The van der Waals surface area contributed by atoms with Gasteiger partial charge in [0.15, 0.2) is 11.0 Å². The smallest absolute Gasteiger partial charge is 0.162 e. The number of aromatic nitrogens is 3. The number of halogens is 1. The van der Waals surface area contributed by atoms with Crippen molar-refractivity contribution >= 4 is 28.9 Å². The summed E-state index contributed by atoms with van der Waals surface area (Å²) in [6, 6.07) is 15.7. The van der Waals surface area contributed by atoms with Gasteiger partial charge in [0.2, 0.25) is 0 Å². The molecule has 0 unspecified atom stereocenters. The average Bonchev–Trinajstić information content (AvgIpc) is 2.57. The van der Waals surface area contributed by atoms with Crippen LogP contribution in [0, 0.1) is 0 Å². The Kier molecular flexibility index (Phi) is 4.16. The number of pyridine rings is 1. The summed E-state index contributed by atoms with van der Waals surface area (Å²) in [4.78, 5) is 14.5. The molecule has 2 aromatic heterocycles. The molecule has 110 valence electrons. The fourth-order valence-corrected chi connectivity index (χ4v) is 2.25. The summed E-state index contributed by atoms with van der Waals surface area (Å²) in [7, 11) is 0. The number of nitrogens with zero attached hydrogens (tertiary/aromatic N) is 4. The SMILES string of the molecule is Nc1c(Cl)ncnc1N(Cc1ccccc1)c1ccccn1. The molecule has 2 heterocycles. The molecule has 0 atom stereocenters. The number of rotatable bonds is 4. The van der Waals surface area contributed by atoms with E-state index >= 15 is 0 Å². The van der Waals surface area contributed by atoms with Crippen LogP contribution in [0.3, 0.4) is 0 Å². The molecule has 0 aliphatic carbocycles. The summed E-state index contributed by atoms with van der Waals surface area (Å²) in [5.74, 6) is 1.29. The number of nitrogens with two attached hydrogens (primary N) is 1. The first-order valence-electron chi connectivity index (χ1n) is 6.74. The molecule has 0 aliphatic rings. The van der Waals surface area contributed by atoms with Gasteiger partial charge in [-0.1, -0.05) is 48.0 Å². The van der Waals surface area contributed by atoms with Crippen molar-refractivity contribution in [2.75, 3.05) is 10.6 Å². The third-order valence-electron chi connectivity index (χ3n) is 3.18. The van der Waals surface area contributed by atoms with E-state index in [4.69, 9.17) is 17.3 Å². The highest BCUT2D eigenvalue weighted by molar-refractivity contribution is 6.32. The van der Waals surface area contributed by atoms with Crippen molar-refractivity contribution in [3.8, 4) is 0 Å². The lowest BCUT2D eigenvalue weighted by Gasteiger charge is -2.24. The van der Waals surface area contributed by atoms with Gasteiger partial charge in [-0.3, -0.25) is 0 Å². The Balaban J connectivity index is 2.05. The first kappa shape index (κ1) is 14.3. The Morgan fingerprint density at radius 2 is 1.73 bits per heavy atom. The Labute approximate surface area is 133 Å². The fourth-order valence-electron chi connectivity index (χ4n) is 2.12. The lowest BCUT2D eigenvalue weighted by Crippen LogP contribution is -2.20. The Hall–Kier alpha value is -2.66. The van der Waals surface area contributed by atoms with Crippen molar-refractivity contribution < 1.29 is 0 Å². The molecule has 0 aliphatic heterocycles. The molecule has 0 amide bonds. The molecule has 0 saturated carbocycles. The van der Waals surface area contributed by atoms with Gasteiger partial charge in [0.05, 0.1) is 6.54 Å². The number of hydrogen-bond acceptors (Lipinski definition) is 5. The highest BCUT2D eigenvalue weighted by Crippen LogP contribution is 2.31. The van der Waals surface area contributed by atoms with Crippen LogP contribution in [-0.2, 0) is 6.54 Å². The van der Waals surface area contributed by atoms with Crippen molar-refractivity contribution in [2.24, 2.45) is 0 Å². The molecule has 0 saturated heterocycles. The van der Waals surface area contributed by atoms with Crippen LogP contribution in [-0.4, -0.2) is 15.0 Å². The van der Waals surface area contributed by atoms with Gasteiger partial charge in [-0.2, -0.15) is 0 Å². The van der Waals surface area contributed by atoms with Gasteiger partial charge in [0.25, 0.3) is 0 Å². The van der Waals surface area contributed by atoms with Gasteiger partial charge in [0, 0.05) is 6.20 Å². The zero-order chi connectivity index (χ0) is 15.4. The average molecular weight is 312 g/mol. The molecule has 22 heavy (non-hydrogen) atoms. The van der Waals surface area contributed by atoms with Crippen LogP contribution in [0.25, 0.3) is 0 Å². The van der Waals surface area contributed by atoms with Crippen LogP contribution in [0.1, 0.15) is 5.56 Å². The van der Waals surface area contributed by atoms with E-state index in [1.807, 2.05) is 53.4 Å². The van der Waals surface area contributed by atoms with Gasteiger partial charge >= 0.3 is 0 Å². The van der Waals surface area contributed by atoms with Gasteiger partial charge in [-0.25, -0.2) is 15.0 Å². The first-order valence-corrected chi connectivity index (χ1v) is 7.12. The predicted molar refractivity (Wildman–Crippen MR) is 88.0 cm³/mol. The van der Waals surface area contributed by atoms with Crippen molar-refractivity contribution in [3.05, 3.63) is 71.8 Å². The third-order valence-corrected chi connectivity index (χ3v) is 3.48. The molecule has 1 aromatic carbocycles. The molecular weight excluding hydrogens is 298 g/mol. The van der Waals surface area contributed by atoms with E-state index < -0.39 is 0 Å². The van der Waals surface area contributed by atoms with Crippen LogP contribution in [0.2, 0.25) is 5.15 Å². The number of benzene rings is 1. The summed E-state index contributed by atoms with van der Waals surface area (Å²) in [5, 5.41) is 0.235. The van der Waals surface area contributed by atoms with Gasteiger partial charge in [-0.15, -0.1) is 0 Å². The highest BCUT2D eigenvalue weighted by Gasteiger charge is 2.17. The minimum atomic E-state index is 0.235. The molecule has 3 rings (SSSR count). The molecule has 6 heteroatoms. The van der Waals surface area contributed by atoms with E-state index in [1.165, 1.54) is 6.33 Å². The van der Waals surface area contributed by atoms with Gasteiger partial charge < -0.3 is 10.6 Å². The van der Waals surface area contributed by atoms with Crippen molar-refractivity contribution in [3.63, 3.8) is 0 Å². The second-order valence-corrected chi connectivity index (χ2v) is 5.02. The summed E-state index contributed by atoms with van der Waals surface area (Å²) >= 11 is 6.03. The van der Waals surface area contributed by atoms with E-state index in [9.17, 15) is 0 Å². The molecule has 0 radical (unpaired) electrons. The molecule has 0 spiro atoms. The van der Waals surface area contributed by atoms with Crippen molar-refractivity contribution in [1.29, 1.82) is 0 Å². The minimum Gasteiger partial charge on any atom is -0.393 e. The Morgan fingerprint density at radius 1 is 0.955 bits per heavy atom. The van der Waals surface area contributed by atoms with E-state index in [-0.39, 0.29) is 5.15 Å². The minimum absolute atomic E-state index is 0.235. The second kappa shape index (κ2) is 6.41. The topological polar surface area (TPSA) is 67.9 Å². The van der Waals surface area contributed by atoms with Crippen LogP contribution >= 0.6 is 11.6 Å². The quantitative estimate of drug-likeness (QED) is 0.747. The maximum atomic E-state index is 6.05. The number of hydrogen-bond donors (Lipinski definition) is 1. The molecule has 5 nitrogen and oxygen atoms in total. The Bertz CT molecular complexity index is 749. The number of anilines is 3. The summed E-state index contributed by atoms with van der Waals surface area (Å²) in [6.45, 7) is 0.579.